The zero-order valence-electron chi connectivity index (χ0n) is 10.5. The zero-order valence-corrected chi connectivity index (χ0v) is 10.5. The van der Waals surface area contributed by atoms with Gasteiger partial charge in [-0.15, -0.1) is 0 Å². The molecular weight excluding hydrogens is 251 g/mol. The van der Waals surface area contributed by atoms with Gasteiger partial charge in [0.1, 0.15) is 5.82 Å². The molecule has 1 atom stereocenters. The molecule has 4 N–H and O–H groups in total. The average molecular weight is 268 g/mol. The molecular formula is C13H17FN2O3. The van der Waals surface area contributed by atoms with Gasteiger partial charge in [0, 0.05) is 25.8 Å². The van der Waals surface area contributed by atoms with Gasteiger partial charge in [0.2, 0.25) is 0 Å². The minimum atomic E-state index is -1.32. The Morgan fingerprint density at radius 3 is 2.89 bits per heavy atom. The number of aliphatic hydroxyl groups excluding tert-OH is 1. The number of benzene rings is 1. The second kappa shape index (κ2) is 5.44. The number of nitrogens with two attached hydrogens (primary N) is 1. The summed E-state index contributed by atoms with van der Waals surface area (Å²) >= 11 is 0. The normalized spacial score (nSPS) is 18.8. The number of hydrogen-bond acceptors (Lipinski definition) is 4. The third kappa shape index (κ3) is 2.78. The maximum atomic E-state index is 13.7. The zero-order chi connectivity index (χ0) is 14.0. The van der Waals surface area contributed by atoms with E-state index in [-0.39, 0.29) is 12.3 Å². The Balaban J connectivity index is 2.22. The quantitative estimate of drug-likeness (QED) is 0.717. The molecule has 19 heavy (non-hydrogen) atoms. The van der Waals surface area contributed by atoms with Gasteiger partial charge in [-0.3, -0.25) is 0 Å². The van der Waals surface area contributed by atoms with Crippen molar-refractivity contribution in [3.8, 4) is 0 Å². The van der Waals surface area contributed by atoms with Gasteiger partial charge >= 0.3 is 5.97 Å². The van der Waals surface area contributed by atoms with Crippen molar-refractivity contribution in [3.05, 3.63) is 23.5 Å². The standard InChI is InChI=1S/C13H17FN2O3/c14-10-6-12(11(15)5-9(10)13(18)19)16-3-1-8(7-16)2-4-17/h5-6,8,17H,1-4,7,15H2,(H,18,19). The Morgan fingerprint density at radius 1 is 1.53 bits per heavy atom. The number of carbonyl (C=O) groups is 1. The number of aromatic carboxylic acids is 1. The van der Waals surface area contributed by atoms with Crippen LogP contribution in [0.2, 0.25) is 0 Å². The van der Waals surface area contributed by atoms with E-state index in [1.807, 2.05) is 4.90 Å². The second-order valence-corrected chi connectivity index (χ2v) is 4.81. The number of anilines is 2. The highest BCUT2D eigenvalue weighted by Crippen LogP contribution is 2.32. The van der Waals surface area contributed by atoms with Crippen LogP contribution in [0.1, 0.15) is 23.2 Å². The number of nitrogens with zero attached hydrogens (tertiary/aromatic N) is 1. The van der Waals surface area contributed by atoms with E-state index in [1.165, 1.54) is 6.07 Å². The molecule has 1 aromatic rings. The molecule has 0 aromatic heterocycles. The molecule has 5 nitrogen and oxygen atoms in total. The molecule has 1 aliphatic heterocycles. The molecule has 0 aliphatic carbocycles. The topological polar surface area (TPSA) is 86.8 Å². The molecule has 1 aromatic carbocycles. The molecule has 1 saturated heterocycles. The molecule has 0 saturated carbocycles. The van der Waals surface area contributed by atoms with Gasteiger partial charge < -0.3 is 20.8 Å². The molecule has 0 radical (unpaired) electrons. The number of aliphatic hydroxyl groups is 1. The van der Waals surface area contributed by atoms with Gasteiger partial charge in [0.25, 0.3) is 0 Å². The lowest BCUT2D eigenvalue weighted by Gasteiger charge is -2.21. The van der Waals surface area contributed by atoms with Gasteiger partial charge in [-0.1, -0.05) is 0 Å². The molecule has 6 heteroatoms. The maximum Gasteiger partial charge on any atom is 0.338 e. The number of carboxylic acids is 1. The van der Waals surface area contributed by atoms with E-state index in [0.29, 0.717) is 24.6 Å². The third-order valence-electron chi connectivity index (χ3n) is 3.51. The first-order chi connectivity index (χ1) is 9.02. The van der Waals surface area contributed by atoms with Crippen LogP contribution >= 0.6 is 0 Å². The first-order valence-electron chi connectivity index (χ1n) is 6.21. The predicted molar refractivity (Wildman–Crippen MR) is 69.8 cm³/mol. The largest absolute Gasteiger partial charge is 0.478 e. The van der Waals surface area contributed by atoms with Gasteiger partial charge in [-0.2, -0.15) is 0 Å². The highest BCUT2D eigenvalue weighted by Gasteiger charge is 2.25. The highest BCUT2D eigenvalue weighted by molar-refractivity contribution is 5.91. The molecule has 2 rings (SSSR count). The molecule has 1 aliphatic rings. The summed E-state index contributed by atoms with van der Waals surface area (Å²) in [5.41, 5.74) is 6.19. The molecule has 0 bridgehead atoms. The third-order valence-corrected chi connectivity index (χ3v) is 3.51. The minimum Gasteiger partial charge on any atom is -0.478 e. The van der Waals surface area contributed by atoms with Crippen molar-refractivity contribution in [1.29, 1.82) is 0 Å². The van der Waals surface area contributed by atoms with E-state index < -0.39 is 17.3 Å². The Labute approximate surface area is 110 Å². The SMILES string of the molecule is Nc1cc(C(=O)O)c(F)cc1N1CCC(CCO)C1. The Kier molecular flexibility index (Phi) is 3.90. The van der Waals surface area contributed by atoms with E-state index in [9.17, 15) is 9.18 Å². The van der Waals surface area contributed by atoms with Gasteiger partial charge in [-0.05, 0) is 24.8 Å². The van der Waals surface area contributed by atoms with E-state index in [0.717, 1.165) is 19.0 Å². The Bertz CT molecular complexity index is 493. The van der Waals surface area contributed by atoms with Crippen LogP contribution in [0.15, 0.2) is 12.1 Å². The van der Waals surface area contributed by atoms with Crippen molar-refractivity contribution in [2.45, 2.75) is 12.8 Å². The summed E-state index contributed by atoms with van der Waals surface area (Å²) in [4.78, 5) is 12.7. The van der Waals surface area contributed by atoms with Crippen LogP contribution in [0.25, 0.3) is 0 Å². The van der Waals surface area contributed by atoms with Gasteiger partial charge in [0.15, 0.2) is 0 Å². The monoisotopic (exact) mass is 268 g/mol. The minimum absolute atomic E-state index is 0.139. The summed E-state index contributed by atoms with van der Waals surface area (Å²) in [5.74, 6) is -1.73. The summed E-state index contributed by atoms with van der Waals surface area (Å²) < 4.78 is 13.7. The number of nitrogen functional groups attached to an aromatic ring is 1. The molecule has 0 amide bonds. The summed E-state index contributed by atoms with van der Waals surface area (Å²) in [7, 11) is 0. The van der Waals surface area contributed by atoms with Crippen molar-refractivity contribution in [2.24, 2.45) is 5.92 Å². The van der Waals surface area contributed by atoms with Crippen LogP contribution in [0.4, 0.5) is 15.8 Å². The van der Waals surface area contributed by atoms with Crippen molar-refractivity contribution in [3.63, 3.8) is 0 Å². The summed E-state index contributed by atoms with van der Waals surface area (Å²) in [6.45, 7) is 1.58. The smallest absolute Gasteiger partial charge is 0.338 e. The molecule has 1 unspecified atom stereocenters. The predicted octanol–water partition coefficient (Wildman–Crippen LogP) is 1.31. The second-order valence-electron chi connectivity index (χ2n) is 4.81. The van der Waals surface area contributed by atoms with E-state index in [1.54, 1.807) is 0 Å². The molecule has 1 heterocycles. The van der Waals surface area contributed by atoms with Crippen LogP contribution in [0.5, 0.6) is 0 Å². The number of rotatable bonds is 4. The maximum absolute atomic E-state index is 13.7. The molecule has 0 spiro atoms. The fourth-order valence-corrected chi connectivity index (χ4v) is 2.49. The fourth-order valence-electron chi connectivity index (χ4n) is 2.49. The van der Waals surface area contributed by atoms with Crippen LogP contribution in [0, 0.1) is 11.7 Å². The van der Waals surface area contributed by atoms with Gasteiger partial charge in [-0.25, -0.2) is 9.18 Å². The first-order valence-corrected chi connectivity index (χ1v) is 6.21. The van der Waals surface area contributed by atoms with Crippen molar-refractivity contribution < 1.29 is 19.4 Å². The number of hydrogen-bond donors (Lipinski definition) is 3. The number of halogens is 1. The van der Waals surface area contributed by atoms with Crippen molar-refractivity contribution in [2.75, 3.05) is 30.3 Å². The van der Waals surface area contributed by atoms with Gasteiger partial charge in [0.05, 0.1) is 16.9 Å². The Hall–Kier alpha value is -1.82. The summed E-state index contributed by atoms with van der Waals surface area (Å²) in [6, 6.07) is 2.34. The van der Waals surface area contributed by atoms with E-state index in [4.69, 9.17) is 15.9 Å². The summed E-state index contributed by atoms with van der Waals surface area (Å²) in [6.07, 6.45) is 1.63. The van der Waals surface area contributed by atoms with Crippen molar-refractivity contribution >= 4 is 17.3 Å². The first kappa shape index (κ1) is 13.6. The Morgan fingerprint density at radius 2 is 2.26 bits per heavy atom. The molecule has 1 fully saturated rings. The highest BCUT2D eigenvalue weighted by atomic mass is 19.1. The molecule has 104 valence electrons. The average Bonchev–Trinajstić information content (AvgIpc) is 2.80. The van der Waals surface area contributed by atoms with E-state index >= 15 is 0 Å². The van der Waals surface area contributed by atoms with Crippen LogP contribution in [0.3, 0.4) is 0 Å². The lowest BCUT2D eigenvalue weighted by Crippen LogP contribution is -2.21. The van der Waals surface area contributed by atoms with Crippen LogP contribution < -0.4 is 10.6 Å². The van der Waals surface area contributed by atoms with Crippen molar-refractivity contribution in [1.82, 2.24) is 0 Å². The lowest BCUT2D eigenvalue weighted by molar-refractivity contribution is 0.0692. The number of carboxylic acid groups (broad SMARTS) is 1. The van der Waals surface area contributed by atoms with E-state index in [2.05, 4.69) is 0 Å². The fraction of sp³-hybridized carbons (Fsp3) is 0.462. The van der Waals surface area contributed by atoms with Crippen LogP contribution in [-0.4, -0.2) is 35.9 Å². The summed E-state index contributed by atoms with van der Waals surface area (Å²) in [5, 5.41) is 17.7. The lowest BCUT2D eigenvalue weighted by atomic mass is 10.1. The van der Waals surface area contributed by atoms with Crippen LogP contribution in [-0.2, 0) is 0 Å².